The number of aliphatic hydroxyl groups excluding tert-OH is 2. The summed E-state index contributed by atoms with van der Waals surface area (Å²) in [6.45, 7) is 10.2. The van der Waals surface area contributed by atoms with Crippen molar-refractivity contribution in [3.05, 3.63) is 46.3 Å². The first-order valence-electron chi connectivity index (χ1n) is 9.42. The normalized spacial score (nSPS) is 28.6. The van der Waals surface area contributed by atoms with Crippen LogP contribution in [0, 0.1) is 0 Å². The SMILES string of the molecule is CC(C)(C)[Si](C)(C)O[C@@H]1OC(CO)[C@@H](OCc2ccccc2)[C@H](O)C1N=[N+]=[N-]. The molecule has 1 aromatic rings. The van der Waals surface area contributed by atoms with Crippen LogP contribution in [0.2, 0.25) is 18.1 Å². The van der Waals surface area contributed by atoms with Crippen molar-refractivity contribution in [1.29, 1.82) is 0 Å². The zero-order chi connectivity index (χ0) is 20.9. The smallest absolute Gasteiger partial charge is 0.195 e. The molecule has 9 heteroatoms. The van der Waals surface area contributed by atoms with Gasteiger partial charge in [-0.15, -0.1) is 0 Å². The lowest BCUT2D eigenvalue weighted by atomic mass is 9.97. The van der Waals surface area contributed by atoms with E-state index in [0.717, 1.165) is 5.56 Å². The topological polar surface area (TPSA) is 117 Å². The molecule has 0 spiro atoms. The monoisotopic (exact) mass is 409 g/mol. The summed E-state index contributed by atoms with van der Waals surface area (Å²) >= 11 is 0. The van der Waals surface area contributed by atoms with Gasteiger partial charge in [0, 0.05) is 4.91 Å². The highest BCUT2D eigenvalue weighted by Gasteiger charge is 2.49. The summed E-state index contributed by atoms with van der Waals surface area (Å²) in [4.78, 5) is 2.86. The zero-order valence-electron chi connectivity index (χ0n) is 17.1. The van der Waals surface area contributed by atoms with Crippen molar-refractivity contribution in [1.82, 2.24) is 0 Å². The third-order valence-electron chi connectivity index (χ3n) is 5.51. The zero-order valence-corrected chi connectivity index (χ0v) is 18.1. The van der Waals surface area contributed by atoms with E-state index in [4.69, 9.17) is 19.4 Å². The molecule has 0 aromatic heterocycles. The van der Waals surface area contributed by atoms with E-state index in [-0.39, 0.29) is 18.3 Å². The Morgan fingerprint density at radius 2 is 1.89 bits per heavy atom. The average Bonchev–Trinajstić information content (AvgIpc) is 2.63. The second kappa shape index (κ2) is 9.36. The minimum absolute atomic E-state index is 0.0996. The van der Waals surface area contributed by atoms with Crippen LogP contribution in [0.3, 0.4) is 0 Å². The lowest BCUT2D eigenvalue weighted by Crippen LogP contribution is -2.61. The predicted molar refractivity (Wildman–Crippen MR) is 108 cm³/mol. The molecule has 1 fully saturated rings. The first-order chi connectivity index (χ1) is 13.1. The molecule has 2 rings (SSSR count). The number of nitrogens with zero attached hydrogens (tertiary/aromatic N) is 3. The highest BCUT2D eigenvalue weighted by atomic mass is 28.4. The molecule has 0 radical (unpaired) electrons. The Balaban J connectivity index is 2.20. The second-order valence-corrected chi connectivity index (χ2v) is 13.3. The van der Waals surface area contributed by atoms with Gasteiger partial charge in [0.2, 0.25) is 0 Å². The number of hydrogen-bond donors (Lipinski definition) is 2. The fourth-order valence-electron chi connectivity index (χ4n) is 2.77. The van der Waals surface area contributed by atoms with Crippen molar-refractivity contribution >= 4 is 8.32 Å². The van der Waals surface area contributed by atoms with Crippen LogP contribution < -0.4 is 0 Å². The van der Waals surface area contributed by atoms with Crippen molar-refractivity contribution in [3.8, 4) is 0 Å². The summed E-state index contributed by atoms with van der Waals surface area (Å²) in [7, 11) is -2.27. The van der Waals surface area contributed by atoms with E-state index in [0.29, 0.717) is 0 Å². The Bertz CT molecular complexity index is 676. The maximum Gasteiger partial charge on any atom is 0.195 e. The van der Waals surface area contributed by atoms with Crippen LogP contribution in [0.1, 0.15) is 26.3 Å². The van der Waals surface area contributed by atoms with E-state index >= 15 is 0 Å². The maximum absolute atomic E-state index is 10.9. The van der Waals surface area contributed by atoms with E-state index in [1.807, 2.05) is 43.4 Å². The minimum Gasteiger partial charge on any atom is -0.394 e. The molecular weight excluding hydrogens is 378 g/mol. The predicted octanol–water partition coefficient (Wildman–Crippen LogP) is 3.35. The lowest BCUT2D eigenvalue weighted by molar-refractivity contribution is -0.255. The van der Waals surface area contributed by atoms with E-state index in [1.165, 1.54) is 0 Å². The van der Waals surface area contributed by atoms with Crippen LogP contribution in [0.15, 0.2) is 35.4 Å². The second-order valence-electron chi connectivity index (χ2n) is 8.55. The van der Waals surface area contributed by atoms with Crippen molar-refractivity contribution in [2.45, 2.75) is 76.2 Å². The minimum atomic E-state index is -2.27. The molecule has 1 aromatic carbocycles. The van der Waals surface area contributed by atoms with E-state index < -0.39 is 39.0 Å². The molecule has 2 N–H and O–H groups in total. The molecule has 0 aliphatic carbocycles. The Kier molecular flexibility index (Phi) is 7.63. The summed E-state index contributed by atoms with van der Waals surface area (Å²) < 4.78 is 18.0. The molecule has 1 heterocycles. The third-order valence-corrected chi connectivity index (χ3v) is 9.94. The van der Waals surface area contributed by atoms with Gasteiger partial charge in [0.05, 0.1) is 19.3 Å². The number of aliphatic hydroxyl groups is 2. The summed E-state index contributed by atoms with van der Waals surface area (Å²) in [5.41, 5.74) is 9.91. The summed E-state index contributed by atoms with van der Waals surface area (Å²) in [5.74, 6) is 0. The van der Waals surface area contributed by atoms with Crippen LogP contribution >= 0.6 is 0 Å². The summed E-state index contributed by atoms with van der Waals surface area (Å²) in [6, 6.07) is 8.52. The van der Waals surface area contributed by atoms with Gasteiger partial charge in [-0.2, -0.15) is 0 Å². The van der Waals surface area contributed by atoms with Gasteiger partial charge in [0.15, 0.2) is 14.6 Å². The third kappa shape index (κ3) is 5.33. The number of hydrogen-bond acceptors (Lipinski definition) is 6. The van der Waals surface area contributed by atoms with Crippen LogP contribution in [-0.2, 0) is 20.5 Å². The maximum atomic E-state index is 10.9. The lowest BCUT2D eigenvalue weighted by Gasteiger charge is -2.46. The first-order valence-corrected chi connectivity index (χ1v) is 12.3. The fraction of sp³-hybridized carbons (Fsp3) is 0.684. The molecule has 28 heavy (non-hydrogen) atoms. The first kappa shape index (κ1) is 22.8. The Hall–Kier alpha value is -1.45. The Morgan fingerprint density at radius 3 is 2.43 bits per heavy atom. The van der Waals surface area contributed by atoms with Crippen LogP contribution in [0.25, 0.3) is 10.4 Å². The Labute approximate surface area is 167 Å². The van der Waals surface area contributed by atoms with Gasteiger partial charge in [-0.05, 0) is 29.2 Å². The highest BCUT2D eigenvalue weighted by molar-refractivity contribution is 6.74. The standard InChI is InChI=1S/C19H31N3O5Si/c1-19(2,3)28(4,5)27-18-15(21-22-20)16(24)17(14(11-23)26-18)25-12-13-9-7-6-8-10-13/h6-10,14-18,23-24H,11-12H2,1-5H3/t14?,15?,16-,17-,18+/m1/s1. The van der Waals surface area contributed by atoms with Crippen molar-refractivity contribution in [3.63, 3.8) is 0 Å². The van der Waals surface area contributed by atoms with Crippen molar-refractivity contribution in [2.24, 2.45) is 5.11 Å². The van der Waals surface area contributed by atoms with Crippen LogP contribution in [0.4, 0.5) is 0 Å². The molecule has 0 amide bonds. The molecular formula is C19H31N3O5Si. The van der Waals surface area contributed by atoms with Gasteiger partial charge in [-0.25, -0.2) is 0 Å². The number of rotatable bonds is 7. The molecule has 2 unspecified atom stereocenters. The van der Waals surface area contributed by atoms with E-state index in [9.17, 15) is 10.2 Å². The quantitative estimate of drug-likeness (QED) is 0.310. The Morgan fingerprint density at radius 1 is 1.25 bits per heavy atom. The van der Waals surface area contributed by atoms with Gasteiger partial charge in [-0.3, -0.25) is 0 Å². The molecule has 0 saturated carbocycles. The summed E-state index contributed by atoms with van der Waals surface area (Å²) in [5, 5.41) is 24.3. The van der Waals surface area contributed by atoms with Gasteiger partial charge in [0.25, 0.3) is 0 Å². The van der Waals surface area contributed by atoms with E-state index in [2.05, 4.69) is 30.8 Å². The highest BCUT2D eigenvalue weighted by Crippen LogP contribution is 2.39. The molecule has 1 aliphatic heterocycles. The number of benzene rings is 1. The van der Waals surface area contributed by atoms with Crippen LogP contribution in [0.5, 0.6) is 0 Å². The molecule has 5 atom stereocenters. The van der Waals surface area contributed by atoms with Gasteiger partial charge in [0.1, 0.15) is 18.2 Å². The number of azide groups is 1. The van der Waals surface area contributed by atoms with Gasteiger partial charge < -0.3 is 24.1 Å². The van der Waals surface area contributed by atoms with Gasteiger partial charge in [-0.1, -0.05) is 56.2 Å². The van der Waals surface area contributed by atoms with Crippen molar-refractivity contribution < 1.29 is 24.1 Å². The average molecular weight is 410 g/mol. The fourth-order valence-corrected chi connectivity index (χ4v) is 3.90. The van der Waals surface area contributed by atoms with E-state index in [1.54, 1.807) is 0 Å². The molecule has 1 saturated heterocycles. The van der Waals surface area contributed by atoms with Gasteiger partial charge >= 0.3 is 0 Å². The largest absolute Gasteiger partial charge is 0.394 e. The summed E-state index contributed by atoms with van der Waals surface area (Å²) in [6.07, 6.45) is -3.75. The molecule has 8 nitrogen and oxygen atoms in total. The molecule has 156 valence electrons. The molecule has 1 aliphatic rings. The number of ether oxygens (including phenoxy) is 2. The van der Waals surface area contributed by atoms with Crippen LogP contribution in [-0.4, -0.2) is 55.8 Å². The van der Waals surface area contributed by atoms with Crippen molar-refractivity contribution in [2.75, 3.05) is 6.61 Å². The molecule has 0 bridgehead atoms.